The SMILES string of the molecule is Cc1cc(NC(=O)[C@H]2CCCN(c3cnccn3)C2)n(C)n1. The number of amides is 1. The van der Waals surface area contributed by atoms with E-state index in [1.54, 1.807) is 23.3 Å². The van der Waals surface area contributed by atoms with Crippen LogP contribution in [0, 0.1) is 12.8 Å². The van der Waals surface area contributed by atoms with E-state index in [1.807, 2.05) is 20.0 Å². The van der Waals surface area contributed by atoms with E-state index in [1.165, 1.54) is 0 Å². The molecule has 7 heteroatoms. The molecule has 1 N–H and O–H groups in total. The number of aryl methyl sites for hydroxylation is 2. The Morgan fingerprint density at radius 2 is 2.27 bits per heavy atom. The molecule has 0 aliphatic carbocycles. The monoisotopic (exact) mass is 300 g/mol. The molecule has 7 nitrogen and oxygen atoms in total. The molecule has 2 aromatic heterocycles. The Hall–Kier alpha value is -2.44. The zero-order chi connectivity index (χ0) is 15.5. The van der Waals surface area contributed by atoms with Gasteiger partial charge in [0.05, 0.1) is 17.8 Å². The predicted octanol–water partition coefficient (Wildman–Crippen LogP) is 1.37. The molecule has 0 unspecified atom stereocenters. The first-order chi connectivity index (χ1) is 10.6. The quantitative estimate of drug-likeness (QED) is 0.926. The molecule has 0 saturated carbocycles. The highest BCUT2D eigenvalue weighted by atomic mass is 16.2. The highest BCUT2D eigenvalue weighted by Crippen LogP contribution is 2.22. The number of hydrogen-bond donors (Lipinski definition) is 1. The number of hydrogen-bond acceptors (Lipinski definition) is 5. The zero-order valence-electron chi connectivity index (χ0n) is 12.9. The van der Waals surface area contributed by atoms with Crippen LogP contribution in [0.1, 0.15) is 18.5 Å². The molecule has 1 aliphatic heterocycles. The van der Waals surface area contributed by atoms with Crippen molar-refractivity contribution in [2.45, 2.75) is 19.8 Å². The molecule has 3 heterocycles. The third-order valence-electron chi connectivity index (χ3n) is 3.92. The van der Waals surface area contributed by atoms with Gasteiger partial charge in [-0.3, -0.25) is 14.5 Å². The molecule has 1 atom stereocenters. The Labute approximate surface area is 129 Å². The van der Waals surface area contributed by atoms with Crippen molar-refractivity contribution in [2.24, 2.45) is 13.0 Å². The van der Waals surface area contributed by atoms with Crippen LogP contribution in [0.2, 0.25) is 0 Å². The van der Waals surface area contributed by atoms with Gasteiger partial charge in [-0.25, -0.2) is 4.98 Å². The summed E-state index contributed by atoms with van der Waals surface area (Å²) in [5, 5.41) is 7.22. The molecule has 1 amide bonds. The van der Waals surface area contributed by atoms with Gasteiger partial charge in [0.1, 0.15) is 11.6 Å². The van der Waals surface area contributed by atoms with Crippen LogP contribution in [0.25, 0.3) is 0 Å². The first-order valence-electron chi connectivity index (χ1n) is 7.46. The van der Waals surface area contributed by atoms with E-state index in [2.05, 4.69) is 25.3 Å². The molecule has 0 bridgehead atoms. The molecular weight excluding hydrogens is 280 g/mol. The van der Waals surface area contributed by atoms with Crippen LogP contribution >= 0.6 is 0 Å². The summed E-state index contributed by atoms with van der Waals surface area (Å²) in [6.45, 7) is 3.49. The van der Waals surface area contributed by atoms with E-state index in [9.17, 15) is 4.79 Å². The van der Waals surface area contributed by atoms with Crippen molar-refractivity contribution in [2.75, 3.05) is 23.3 Å². The van der Waals surface area contributed by atoms with Crippen LogP contribution in [0.4, 0.5) is 11.6 Å². The second-order valence-electron chi connectivity index (χ2n) is 5.63. The highest BCUT2D eigenvalue weighted by Gasteiger charge is 2.27. The van der Waals surface area contributed by atoms with E-state index >= 15 is 0 Å². The second kappa shape index (κ2) is 6.13. The van der Waals surface area contributed by atoms with Crippen LogP contribution in [0.3, 0.4) is 0 Å². The maximum atomic E-state index is 12.5. The fraction of sp³-hybridized carbons (Fsp3) is 0.467. The number of nitrogens with zero attached hydrogens (tertiary/aromatic N) is 5. The highest BCUT2D eigenvalue weighted by molar-refractivity contribution is 5.92. The van der Waals surface area contributed by atoms with Gasteiger partial charge in [-0.05, 0) is 19.8 Å². The molecule has 0 spiro atoms. The van der Waals surface area contributed by atoms with Gasteiger partial charge in [-0.1, -0.05) is 0 Å². The molecule has 1 aliphatic rings. The molecule has 1 saturated heterocycles. The van der Waals surface area contributed by atoms with Crippen LogP contribution in [0.5, 0.6) is 0 Å². The lowest BCUT2D eigenvalue weighted by Crippen LogP contribution is -2.41. The summed E-state index contributed by atoms with van der Waals surface area (Å²) in [6.07, 6.45) is 6.93. The number of rotatable bonds is 3. The van der Waals surface area contributed by atoms with Gasteiger partial charge in [-0.2, -0.15) is 5.10 Å². The van der Waals surface area contributed by atoms with Crippen molar-refractivity contribution in [3.05, 3.63) is 30.4 Å². The van der Waals surface area contributed by atoms with E-state index in [-0.39, 0.29) is 11.8 Å². The van der Waals surface area contributed by atoms with Gasteiger partial charge in [0.25, 0.3) is 0 Å². The minimum absolute atomic E-state index is 0.0385. The summed E-state index contributed by atoms with van der Waals surface area (Å²) < 4.78 is 1.69. The minimum Gasteiger partial charge on any atom is -0.355 e. The minimum atomic E-state index is -0.0500. The lowest BCUT2D eigenvalue weighted by atomic mass is 9.97. The number of piperidine rings is 1. The topological polar surface area (TPSA) is 75.9 Å². The summed E-state index contributed by atoms with van der Waals surface area (Å²) in [7, 11) is 1.83. The average molecular weight is 300 g/mol. The van der Waals surface area contributed by atoms with Crippen molar-refractivity contribution >= 4 is 17.5 Å². The summed E-state index contributed by atoms with van der Waals surface area (Å²) in [5.41, 5.74) is 0.891. The summed E-state index contributed by atoms with van der Waals surface area (Å²) >= 11 is 0. The van der Waals surface area contributed by atoms with E-state index < -0.39 is 0 Å². The third kappa shape index (κ3) is 3.08. The molecule has 1 fully saturated rings. The van der Waals surface area contributed by atoms with Gasteiger partial charge in [0.2, 0.25) is 5.91 Å². The van der Waals surface area contributed by atoms with Crippen molar-refractivity contribution < 1.29 is 4.79 Å². The summed E-state index contributed by atoms with van der Waals surface area (Å²) in [4.78, 5) is 23.0. The van der Waals surface area contributed by atoms with Crippen LogP contribution in [0.15, 0.2) is 24.7 Å². The molecule has 0 aromatic carbocycles. The van der Waals surface area contributed by atoms with Crippen LogP contribution in [-0.4, -0.2) is 38.7 Å². The van der Waals surface area contributed by atoms with Gasteiger partial charge < -0.3 is 10.2 Å². The van der Waals surface area contributed by atoms with Crippen molar-refractivity contribution in [1.29, 1.82) is 0 Å². The molecule has 3 rings (SSSR count). The maximum Gasteiger partial charge on any atom is 0.230 e. The second-order valence-corrected chi connectivity index (χ2v) is 5.63. The van der Waals surface area contributed by atoms with E-state index in [0.29, 0.717) is 6.54 Å². The lowest BCUT2D eigenvalue weighted by molar-refractivity contribution is -0.120. The number of carbonyl (C=O) groups excluding carboxylic acids is 1. The number of anilines is 2. The lowest BCUT2D eigenvalue weighted by Gasteiger charge is -2.32. The molecular formula is C15H20N6O. The molecule has 2 aromatic rings. The van der Waals surface area contributed by atoms with Gasteiger partial charge in [0.15, 0.2) is 0 Å². The average Bonchev–Trinajstić information content (AvgIpc) is 2.86. The van der Waals surface area contributed by atoms with Crippen molar-refractivity contribution in [1.82, 2.24) is 19.7 Å². The van der Waals surface area contributed by atoms with Crippen LogP contribution < -0.4 is 10.2 Å². The molecule has 116 valence electrons. The van der Waals surface area contributed by atoms with E-state index in [4.69, 9.17) is 0 Å². The fourth-order valence-electron chi connectivity index (χ4n) is 2.81. The third-order valence-corrected chi connectivity index (χ3v) is 3.92. The van der Waals surface area contributed by atoms with Crippen molar-refractivity contribution in [3.63, 3.8) is 0 Å². The fourth-order valence-corrected chi connectivity index (χ4v) is 2.81. The largest absolute Gasteiger partial charge is 0.355 e. The van der Waals surface area contributed by atoms with Crippen molar-refractivity contribution in [3.8, 4) is 0 Å². The first kappa shape index (κ1) is 14.5. The molecule has 0 radical (unpaired) electrons. The number of aromatic nitrogens is 4. The standard InChI is InChI=1S/C15H20N6O/c1-11-8-13(20(2)19-11)18-15(22)12-4-3-7-21(10-12)14-9-16-5-6-17-14/h5-6,8-9,12H,3-4,7,10H2,1-2H3,(H,18,22)/t12-/m0/s1. The summed E-state index contributed by atoms with van der Waals surface area (Å²) in [5.74, 6) is 1.55. The zero-order valence-corrected chi connectivity index (χ0v) is 12.9. The Bertz CT molecular complexity index is 653. The normalized spacial score (nSPS) is 18.3. The number of nitrogens with one attached hydrogen (secondary N) is 1. The molecule has 22 heavy (non-hydrogen) atoms. The predicted molar refractivity (Wildman–Crippen MR) is 83.5 cm³/mol. The Morgan fingerprint density at radius 1 is 1.41 bits per heavy atom. The summed E-state index contributed by atoms with van der Waals surface area (Å²) in [6, 6.07) is 1.88. The Morgan fingerprint density at radius 3 is 2.95 bits per heavy atom. The Kier molecular flexibility index (Phi) is 4.04. The first-order valence-corrected chi connectivity index (χ1v) is 7.46. The van der Waals surface area contributed by atoms with Gasteiger partial charge in [0, 0.05) is 38.6 Å². The van der Waals surface area contributed by atoms with Crippen LogP contribution in [-0.2, 0) is 11.8 Å². The van der Waals surface area contributed by atoms with Gasteiger partial charge >= 0.3 is 0 Å². The van der Waals surface area contributed by atoms with E-state index in [0.717, 1.165) is 36.7 Å². The maximum absolute atomic E-state index is 12.5. The Balaban J connectivity index is 1.67. The van der Waals surface area contributed by atoms with Gasteiger partial charge in [-0.15, -0.1) is 0 Å². The number of carbonyl (C=O) groups is 1. The smallest absolute Gasteiger partial charge is 0.230 e.